The molecule has 0 unspecified atom stereocenters. The number of hydrogen-bond donors (Lipinski definition) is 1. The molecule has 0 aromatic rings. The minimum Gasteiger partial charge on any atom is -0.374 e. The van der Waals surface area contributed by atoms with Crippen LogP contribution in [0.3, 0.4) is 0 Å². The molecule has 0 aromatic carbocycles. The molecule has 1 aliphatic heterocycles. The Morgan fingerprint density at radius 3 is 3.00 bits per heavy atom. The first-order valence-corrected chi connectivity index (χ1v) is 3.19. The summed E-state index contributed by atoms with van der Waals surface area (Å²) in [5, 5.41) is 0. The van der Waals surface area contributed by atoms with Gasteiger partial charge in [0.25, 0.3) is 0 Å². The van der Waals surface area contributed by atoms with Crippen molar-refractivity contribution < 1.29 is 9.42 Å². The van der Waals surface area contributed by atoms with Crippen molar-refractivity contribution in [2.45, 2.75) is 12.5 Å². The molecule has 9 heavy (non-hydrogen) atoms. The van der Waals surface area contributed by atoms with E-state index in [-0.39, 0.29) is 0 Å². The molecule has 0 aromatic heterocycles. The molecule has 0 spiro atoms. The third-order valence-corrected chi connectivity index (χ3v) is 1.63. The van der Waals surface area contributed by atoms with Crippen LogP contribution in [0.4, 0.5) is 0 Å². The molecule has 3 nitrogen and oxygen atoms in total. The molecule has 1 heterocycles. The zero-order chi connectivity index (χ0) is 6.69. The highest BCUT2D eigenvalue weighted by Gasteiger charge is 2.23. The van der Waals surface area contributed by atoms with Crippen LogP contribution in [0.15, 0.2) is 0 Å². The smallest absolute Gasteiger partial charge is 0.205 e. The van der Waals surface area contributed by atoms with E-state index in [0.29, 0.717) is 6.04 Å². The van der Waals surface area contributed by atoms with E-state index in [1.807, 2.05) is 11.7 Å². The quantitative estimate of drug-likeness (QED) is 0.312. The van der Waals surface area contributed by atoms with Crippen LogP contribution in [0.1, 0.15) is 6.42 Å². The van der Waals surface area contributed by atoms with Crippen LogP contribution in [0.5, 0.6) is 0 Å². The van der Waals surface area contributed by atoms with E-state index < -0.39 is 0 Å². The summed E-state index contributed by atoms with van der Waals surface area (Å²) < 4.78 is 7.00. The highest BCUT2D eigenvalue weighted by molar-refractivity contribution is 5.14. The third-order valence-electron chi connectivity index (χ3n) is 1.63. The van der Waals surface area contributed by atoms with Crippen molar-refractivity contribution in [1.29, 1.82) is 0 Å². The van der Waals surface area contributed by atoms with Crippen LogP contribution in [-0.2, 0) is 4.74 Å². The molecule has 1 saturated heterocycles. The summed E-state index contributed by atoms with van der Waals surface area (Å²) in [6, 6.07) is 0.468. The van der Waals surface area contributed by atoms with E-state index in [9.17, 15) is 0 Å². The number of hydrazine groups is 1. The van der Waals surface area contributed by atoms with Crippen molar-refractivity contribution in [2.75, 3.05) is 20.3 Å². The fourth-order valence-corrected chi connectivity index (χ4v) is 0.950. The van der Waals surface area contributed by atoms with E-state index in [0.717, 1.165) is 19.6 Å². The Hall–Kier alpha value is -0.570. The third kappa shape index (κ3) is 1.42. The fourth-order valence-electron chi connectivity index (χ4n) is 0.950. The van der Waals surface area contributed by atoms with Gasteiger partial charge in [-0.05, 0) is 0 Å². The Morgan fingerprint density at radius 1 is 1.78 bits per heavy atom. The summed E-state index contributed by atoms with van der Waals surface area (Å²) in [5.74, 6) is 0. The van der Waals surface area contributed by atoms with Crippen molar-refractivity contribution in [3.8, 4) is 0 Å². The van der Waals surface area contributed by atoms with Gasteiger partial charge in [-0.15, -0.1) is 4.68 Å². The summed E-state index contributed by atoms with van der Waals surface area (Å²) in [4.78, 5) is 0. The molecule has 0 aliphatic carbocycles. The van der Waals surface area contributed by atoms with Gasteiger partial charge in [-0.3, -0.25) is 0 Å². The largest absolute Gasteiger partial charge is 0.374 e. The van der Waals surface area contributed by atoms with Crippen molar-refractivity contribution in [3.63, 3.8) is 0 Å². The summed E-state index contributed by atoms with van der Waals surface area (Å²) in [5.41, 5.74) is 2.95. The van der Waals surface area contributed by atoms with Gasteiger partial charge in [-0.2, -0.15) is 0 Å². The minimum atomic E-state index is 0.468. The average molecular weight is 129 g/mol. The SMILES string of the molecule is C=[N+](NC)[C@@H]1CCOC1. The Labute approximate surface area is 55.3 Å². The Kier molecular flexibility index (Phi) is 2.05. The van der Waals surface area contributed by atoms with E-state index in [1.54, 1.807) is 0 Å². The monoisotopic (exact) mass is 129 g/mol. The second-order valence-electron chi connectivity index (χ2n) is 2.21. The van der Waals surface area contributed by atoms with Gasteiger partial charge in [0, 0.05) is 6.42 Å². The van der Waals surface area contributed by atoms with Gasteiger partial charge >= 0.3 is 0 Å². The Bertz CT molecular complexity index is 108. The standard InChI is InChI=1S/C6H13N2O/c1-7-8(2)6-3-4-9-5-6/h6-7H,2-5H2,1H3/q+1/t6-/m1/s1. The number of hydrogen-bond acceptors (Lipinski definition) is 2. The Morgan fingerprint density at radius 2 is 2.56 bits per heavy atom. The predicted octanol–water partition coefficient (Wildman–Crippen LogP) is -0.377. The molecule has 1 atom stereocenters. The molecule has 52 valence electrons. The Balaban J connectivity index is 2.32. The maximum atomic E-state index is 5.16. The van der Waals surface area contributed by atoms with Gasteiger partial charge in [0.05, 0.1) is 13.7 Å². The predicted molar refractivity (Wildman–Crippen MR) is 35.7 cm³/mol. The molecule has 0 amide bonds. The highest BCUT2D eigenvalue weighted by Crippen LogP contribution is 2.04. The average Bonchev–Trinajstić information content (AvgIpc) is 2.37. The number of ether oxygens (including phenoxy) is 1. The lowest BCUT2D eigenvalue weighted by atomic mass is 10.3. The van der Waals surface area contributed by atoms with Gasteiger partial charge in [0.15, 0.2) is 6.72 Å². The van der Waals surface area contributed by atoms with Gasteiger partial charge < -0.3 is 4.74 Å². The van der Waals surface area contributed by atoms with Crippen molar-refractivity contribution in [3.05, 3.63) is 0 Å². The van der Waals surface area contributed by atoms with Crippen LogP contribution < -0.4 is 5.43 Å². The molecule has 0 bridgehead atoms. The van der Waals surface area contributed by atoms with Gasteiger partial charge in [0.1, 0.15) is 6.61 Å². The van der Waals surface area contributed by atoms with Crippen LogP contribution in [0.25, 0.3) is 0 Å². The second-order valence-corrected chi connectivity index (χ2v) is 2.21. The first kappa shape index (κ1) is 6.55. The summed E-state index contributed by atoms with van der Waals surface area (Å²) in [7, 11) is 1.87. The van der Waals surface area contributed by atoms with Gasteiger partial charge in [-0.1, -0.05) is 0 Å². The van der Waals surface area contributed by atoms with E-state index in [1.165, 1.54) is 0 Å². The minimum absolute atomic E-state index is 0.468. The number of hydrazone groups is 1. The summed E-state index contributed by atoms with van der Waals surface area (Å²) in [6.45, 7) is 5.46. The first-order chi connectivity index (χ1) is 4.34. The molecular formula is C6H13N2O+. The fraction of sp³-hybridized carbons (Fsp3) is 0.833. The van der Waals surface area contributed by atoms with Crippen LogP contribution >= 0.6 is 0 Å². The molecule has 1 fully saturated rings. The number of rotatable bonds is 2. The number of nitrogens with one attached hydrogen (secondary N) is 1. The zero-order valence-electron chi connectivity index (χ0n) is 5.76. The van der Waals surface area contributed by atoms with Crippen LogP contribution in [-0.4, -0.2) is 37.7 Å². The van der Waals surface area contributed by atoms with Gasteiger partial charge in [-0.25, -0.2) is 5.43 Å². The number of nitrogens with zero attached hydrogens (tertiary/aromatic N) is 1. The second kappa shape index (κ2) is 2.82. The topological polar surface area (TPSA) is 24.3 Å². The van der Waals surface area contributed by atoms with E-state index in [2.05, 4.69) is 12.1 Å². The summed E-state index contributed by atoms with van der Waals surface area (Å²) in [6.07, 6.45) is 1.09. The molecule has 1 aliphatic rings. The molecule has 3 heteroatoms. The molecule has 1 rings (SSSR count). The highest BCUT2D eigenvalue weighted by atomic mass is 16.5. The molecule has 0 radical (unpaired) electrons. The van der Waals surface area contributed by atoms with E-state index in [4.69, 9.17) is 4.74 Å². The maximum Gasteiger partial charge on any atom is 0.205 e. The van der Waals surface area contributed by atoms with Crippen molar-refractivity contribution >= 4 is 6.72 Å². The lowest BCUT2D eigenvalue weighted by Crippen LogP contribution is -2.34. The molecule has 1 N–H and O–H groups in total. The summed E-state index contributed by atoms with van der Waals surface area (Å²) >= 11 is 0. The molecular weight excluding hydrogens is 116 g/mol. The van der Waals surface area contributed by atoms with Crippen LogP contribution in [0.2, 0.25) is 0 Å². The maximum absolute atomic E-state index is 5.16. The normalized spacial score (nSPS) is 26.1. The van der Waals surface area contributed by atoms with Crippen molar-refractivity contribution in [1.82, 2.24) is 5.43 Å². The lowest BCUT2D eigenvalue weighted by Gasteiger charge is -2.02. The van der Waals surface area contributed by atoms with Gasteiger partial charge in [0.2, 0.25) is 6.04 Å². The molecule has 0 saturated carbocycles. The van der Waals surface area contributed by atoms with Crippen molar-refractivity contribution in [2.24, 2.45) is 0 Å². The zero-order valence-corrected chi connectivity index (χ0v) is 5.76. The van der Waals surface area contributed by atoms with E-state index >= 15 is 0 Å². The lowest BCUT2D eigenvalue weighted by molar-refractivity contribution is -0.608. The first-order valence-electron chi connectivity index (χ1n) is 3.19. The van der Waals surface area contributed by atoms with Crippen LogP contribution in [0, 0.1) is 0 Å².